The van der Waals surface area contributed by atoms with Gasteiger partial charge in [0.05, 0.1) is 5.69 Å². The van der Waals surface area contributed by atoms with E-state index in [0.29, 0.717) is 5.69 Å². The Balaban J connectivity index is 2.87. The minimum absolute atomic E-state index is 0.142. The maximum atomic E-state index is 13.0. The Morgan fingerprint density at radius 3 is 2.44 bits per heavy atom. The van der Waals surface area contributed by atoms with Crippen molar-refractivity contribution in [2.45, 2.75) is 38.7 Å². The summed E-state index contributed by atoms with van der Waals surface area (Å²) in [7, 11) is 0. The number of halogens is 3. The number of hydrogen-bond donors (Lipinski definition) is 1. The number of nitrogens with two attached hydrogens (primary N) is 1. The quantitative estimate of drug-likeness (QED) is 0.883. The lowest BCUT2D eigenvalue weighted by Gasteiger charge is -2.34. The molecule has 18 heavy (non-hydrogen) atoms. The summed E-state index contributed by atoms with van der Waals surface area (Å²) in [6.07, 6.45) is -2.77. The van der Waals surface area contributed by atoms with E-state index in [1.54, 1.807) is 31.3 Å². The van der Waals surface area contributed by atoms with Gasteiger partial charge in [-0.2, -0.15) is 13.2 Å². The first-order valence-electron chi connectivity index (χ1n) is 5.82. The molecule has 0 bridgehead atoms. The van der Waals surface area contributed by atoms with Crippen LogP contribution in [0.3, 0.4) is 0 Å². The summed E-state index contributed by atoms with van der Waals surface area (Å²) < 4.78 is 38.9. The van der Waals surface area contributed by atoms with E-state index in [1.165, 1.54) is 11.8 Å². The molecule has 0 radical (unpaired) electrons. The molecule has 0 saturated carbocycles. The Morgan fingerprint density at radius 1 is 1.39 bits per heavy atom. The van der Waals surface area contributed by atoms with Gasteiger partial charge in [0.25, 0.3) is 0 Å². The van der Waals surface area contributed by atoms with Crippen LogP contribution in [0.25, 0.3) is 0 Å². The molecule has 3 nitrogen and oxygen atoms in total. The van der Waals surface area contributed by atoms with Gasteiger partial charge in [-0.05, 0) is 25.6 Å². The summed E-state index contributed by atoms with van der Waals surface area (Å²) in [5.41, 5.74) is 6.08. The van der Waals surface area contributed by atoms with Crippen LogP contribution in [0.1, 0.15) is 19.5 Å². The third-order valence-corrected chi connectivity index (χ3v) is 2.72. The number of hydrogen-bond acceptors (Lipinski definition) is 3. The molecule has 2 unspecified atom stereocenters. The van der Waals surface area contributed by atoms with Crippen molar-refractivity contribution in [2.75, 3.05) is 6.54 Å². The fraction of sp³-hybridized carbons (Fsp3) is 0.583. The van der Waals surface area contributed by atoms with Crippen LogP contribution in [0.5, 0.6) is 0 Å². The predicted octanol–water partition coefficient (Wildman–Crippen LogP) is 2.18. The Kier molecular flexibility index (Phi) is 5.10. The van der Waals surface area contributed by atoms with Crippen molar-refractivity contribution >= 4 is 0 Å². The minimum Gasteiger partial charge on any atom is -0.326 e. The highest BCUT2D eigenvalue weighted by Gasteiger charge is 2.45. The largest absolute Gasteiger partial charge is 0.405 e. The third kappa shape index (κ3) is 3.96. The van der Waals surface area contributed by atoms with Crippen molar-refractivity contribution in [3.05, 3.63) is 30.1 Å². The zero-order valence-electron chi connectivity index (χ0n) is 10.5. The van der Waals surface area contributed by atoms with Gasteiger partial charge in [-0.15, -0.1) is 0 Å². The fourth-order valence-corrected chi connectivity index (χ4v) is 1.94. The van der Waals surface area contributed by atoms with E-state index >= 15 is 0 Å². The van der Waals surface area contributed by atoms with Crippen molar-refractivity contribution in [3.8, 4) is 0 Å². The van der Waals surface area contributed by atoms with Gasteiger partial charge in [0.1, 0.15) is 6.04 Å². The second-order valence-corrected chi connectivity index (χ2v) is 4.23. The highest BCUT2D eigenvalue weighted by atomic mass is 19.4. The van der Waals surface area contributed by atoms with Gasteiger partial charge in [0.2, 0.25) is 0 Å². The van der Waals surface area contributed by atoms with E-state index in [0.717, 1.165) is 0 Å². The number of aromatic nitrogens is 1. The number of alkyl halides is 3. The van der Waals surface area contributed by atoms with Gasteiger partial charge in [0, 0.05) is 18.8 Å². The highest BCUT2D eigenvalue weighted by molar-refractivity contribution is 5.04. The number of likely N-dealkylation sites (N-methyl/N-ethyl adjacent to an activating group) is 1. The van der Waals surface area contributed by atoms with Gasteiger partial charge in [-0.25, -0.2) is 0 Å². The highest BCUT2D eigenvalue weighted by Crippen LogP contribution is 2.27. The Labute approximate surface area is 105 Å². The van der Waals surface area contributed by atoms with E-state index < -0.39 is 18.3 Å². The topological polar surface area (TPSA) is 42.2 Å². The van der Waals surface area contributed by atoms with Crippen LogP contribution in [0.4, 0.5) is 13.2 Å². The number of pyridine rings is 1. The average Bonchev–Trinajstić information content (AvgIpc) is 2.27. The van der Waals surface area contributed by atoms with E-state index in [-0.39, 0.29) is 13.1 Å². The molecule has 2 atom stereocenters. The van der Waals surface area contributed by atoms with Crippen LogP contribution in [-0.2, 0) is 6.54 Å². The van der Waals surface area contributed by atoms with Crippen LogP contribution >= 0.6 is 0 Å². The molecule has 0 aliphatic heterocycles. The Bertz CT molecular complexity index is 351. The molecule has 0 amide bonds. The van der Waals surface area contributed by atoms with Crippen LogP contribution in [-0.4, -0.2) is 34.7 Å². The first kappa shape index (κ1) is 14.9. The molecule has 1 aromatic rings. The molecular formula is C12H18F3N3. The molecule has 2 N–H and O–H groups in total. The summed E-state index contributed by atoms with van der Waals surface area (Å²) in [5.74, 6) is 0. The van der Waals surface area contributed by atoms with Gasteiger partial charge in [-0.3, -0.25) is 9.88 Å². The summed E-state index contributed by atoms with van der Waals surface area (Å²) in [6.45, 7) is 3.47. The molecule has 0 fully saturated rings. The number of rotatable bonds is 5. The molecule has 0 aliphatic carbocycles. The standard InChI is InChI=1S/C12H18F3N3/c1-3-18(8-10-6-4-5-7-17-10)11(9(2)16)12(13,14)15/h4-7,9,11H,3,8,16H2,1-2H3. The Hall–Kier alpha value is -1.14. The molecule has 0 aromatic carbocycles. The van der Waals surface area contributed by atoms with E-state index in [9.17, 15) is 13.2 Å². The zero-order chi connectivity index (χ0) is 13.8. The van der Waals surface area contributed by atoms with Crippen molar-refractivity contribution in [1.82, 2.24) is 9.88 Å². The average molecular weight is 261 g/mol. The van der Waals surface area contributed by atoms with Crippen molar-refractivity contribution < 1.29 is 13.2 Å². The molecule has 0 spiro atoms. The van der Waals surface area contributed by atoms with Crippen LogP contribution < -0.4 is 5.73 Å². The zero-order valence-corrected chi connectivity index (χ0v) is 10.5. The Morgan fingerprint density at radius 2 is 2.06 bits per heavy atom. The van der Waals surface area contributed by atoms with Crippen LogP contribution in [0.2, 0.25) is 0 Å². The lowest BCUT2D eigenvalue weighted by atomic mass is 10.1. The first-order chi connectivity index (χ1) is 8.36. The number of nitrogens with zero attached hydrogens (tertiary/aromatic N) is 2. The maximum Gasteiger partial charge on any atom is 0.405 e. The molecule has 0 saturated heterocycles. The van der Waals surface area contributed by atoms with Crippen LogP contribution in [0.15, 0.2) is 24.4 Å². The summed E-state index contributed by atoms with van der Waals surface area (Å²) in [4.78, 5) is 5.34. The molecule has 102 valence electrons. The smallest absolute Gasteiger partial charge is 0.326 e. The first-order valence-corrected chi connectivity index (χ1v) is 5.82. The minimum atomic E-state index is -4.33. The molecule has 1 rings (SSSR count). The van der Waals surface area contributed by atoms with E-state index in [4.69, 9.17) is 5.73 Å². The third-order valence-electron chi connectivity index (χ3n) is 2.72. The molecule has 0 aliphatic rings. The van der Waals surface area contributed by atoms with Crippen molar-refractivity contribution in [3.63, 3.8) is 0 Å². The second-order valence-electron chi connectivity index (χ2n) is 4.23. The van der Waals surface area contributed by atoms with Gasteiger partial charge in [0.15, 0.2) is 0 Å². The maximum absolute atomic E-state index is 13.0. The van der Waals surface area contributed by atoms with E-state index in [1.807, 2.05) is 0 Å². The van der Waals surface area contributed by atoms with Gasteiger partial charge in [-0.1, -0.05) is 13.0 Å². The molecule has 1 aromatic heterocycles. The summed E-state index contributed by atoms with van der Waals surface area (Å²) in [6, 6.07) is 2.56. The fourth-order valence-electron chi connectivity index (χ4n) is 1.94. The lowest BCUT2D eigenvalue weighted by molar-refractivity contribution is -0.189. The van der Waals surface area contributed by atoms with Crippen molar-refractivity contribution in [2.24, 2.45) is 5.73 Å². The monoisotopic (exact) mass is 261 g/mol. The van der Waals surface area contributed by atoms with Crippen molar-refractivity contribution in [1.29, 1.82) is 0 Å². The molecule has 6 heteroatoms. The van der Waals surface area contributed by atoms with Crippen LogP contribution in [0, 0.1) is 0 Å². The predicted molar refractivity (Wildman–Crippen MR) is 63.8 cm³/mol. The second kappa shape index (κ2) is 6.15. The SMILES string of the molecule is CCN(Cc1ccccn1)C(C(C)N)C(F)(F)F. The van der Waals surface area contributed by atoms with E-state index in [2.05, 4.69) is 4.98 Å². The lowest BCUT2D eigenvalue weighted by Crippen LogP contribution is -2.54. The summed E-state index contributed by atoms with van der Waals surface area (Å²) >= 11 is 0. The molecular weight excluding hydrogens is 243 g/mol. The van der Waals surface area contributed by atoms with Gasteiger partial charge < -0.3 is 5.73 Å². The molecule has 1 heterocycles. The summed E-state index contributed by atoms with van der Waals surface area (Å²) in [5, 5.41) is 0. The van der Waals surface area contributed by atoms with Gasteiger partial charge >= 0.3 is 6.18 Å². The normalized spacial score (nSPS) is 15.7.